The molecule has 0 spiro atoms. The number of aliphatic carboxylic acids is 1. The van der Waals surface area contributed by atoms with Crippen molar-refractivity contribution in [2.24, 2.45) is 23.7 Å². The van der Waals surface area contributed by atoms with Crippen LogP contribution in [0.1, 0.15) is 32.1 Å². The molecule has 2 saturated carbocycles. The van der Waals surface area contributed by atoms with Crippen LogP contribution in [0, 0.1) is 23.7 Å². The molecule has 1 heterocycles. The van der Waals surface area contributed by atoms with Crippen LogP contribution < -0.4 is 10.2 Å². The Bertz CT molecular complexity index is 760. The van der Waals surface area contributed by atoms with Crippen LogP contribution >= 0.6 is 0 Å². The van der Waals surface area contributed by atoms with E-state index in [4.69, 9.17) is 5.11 Å². The van der Waals surface area contributed by atoms with Crippen molar-refractivity contribution >= 4 is 35.1 Å². The fourth-order valence-electron chi connectivity index (χ4n) is 4.80. The number of carbonyl (C=O) groups excluding carboxylic acids is 3. The Morgan fingerprint density at radius 3 is 2.12 bits per heavy atom. The molecule has 3 aliphatic rings. The van der Waals surface area contributed by atoms with Crippen molar-refractivity contribution < 1.29 is 24.3 Å². The molecule has 26 heavy (non-hydrogen) atoms. The molecule has 1 aromatic rings. The molecular weight excluding hydrogens is 336 g/mol. The van der Waals surface area contributed by atoms with Gasteiger partial charge >= 0.3 is 5.97 Å². The molecule has 2 bridgehead atoms. The van der Waals surface area contributed by atoms with Crippen molar-refractivity contribution in [2.45, 2.75) is 32.1 Å². The van der Waals surface area contributed by atoms with Gasteiger partial charge in [-0.15, -0.1) is 0 Å². The Morgan fingerprint density at radius 2 is 1.58 bits per heavy atom. The van der Waals surface area contributed by atoms with Gasteiger partial charge in [-0.25, -0.2) is 0 Å². The molecule has 7 heteroatoms. The highest BCUT2D eigenvalue weighted by Crippen LogP contribution is 2.56. The lowest BCUT2D eigenvalue weighted by Crippen LogP contribution is -2.32. The quantitative estimate of drug-likeness (QED) is 0.786. The number of hydrogen-bond acceptors (Lipinski definition) is 4. The minimum Gasteiger partial charge on any atom is -0.481 e. The first-order valence-electron chi connectivity index (χ1n) is 8.95. The van der Waals surface area contributed by atoms with Crippen molar-refractivity contribution in [3.05, 3.63) is 24.3 Å². The number of carboxylic acid groups (broad SMARTS) is 1. The summed E-state index contributed by atoms with van der Waals surface area (Å²) in [6.07, 6.45) is 2.75. The molecule has 2 aliphatic carbocycles. The van der Waals surface area contributed by atoms with Gasteiger partial charge in [-0.2, -0.15) is 0 Å². The van der Waals surface area contributed by atoms with Gasteiger partial charge < -0.3 is 10.4 Å². The van der Waals surface area contributed by atoms with Crippen LogP contribution in [0.3, 0.4) is 0 Å². The lowest BCUT2D eigenvalue weighted by Gasteiger charge is -2.19. The number of imide groups is 1. The lowest BCUT2D eigenvalue weighted by molar-refractivity contribution is -0.138. The van der Waals surface area contributed by atoms with Gasteiger partial charge in [-0.1, -0.05) is 0 Å². The number of amides is 3. The summed E-state index contributed by atoms with van der Waals surface area (Å²) in [7, 11) is 0. The fraction of sp³-hybridized carbons (Fsp3) is 0.474. The summed E-state index contributed by atoms with van der Waals surface area (Å²) in [6, 6.07) is 6.53. The van der Waals surface area contributed by atoms with E-state index in [1.165, 1.54) is 4.90 Å². The van der Waals surface area contributed by atoms with E-state index in [1.807, 2.05) is 0 Å². The summed E-state index contributed by atoms with van der Waals surface area (Å²) < 4.78 is 0. The topological polar surface area (TPSA) is 104 Å². The van der Waals surface area contributed by atoms with E-state index in [2.05, 4.69) is 5.32 Å². The van der Waals surface area contributed by atoms with Gasteiger partial charge in [0.25, 0.3) is 0 Å². The molecule has 0 unspecified atom stereocenters. The predicted octanol–water partition coefficient (Wildman–Crippen LogP) is 2.03. The predicted molar refractivity (Wildman–Crippen MR) is 92.2 cm³/mol. The largest absolute Gasteiger partial charge is 0.481 e. The molecule has 1 aromatic carbocycles. The van der Waals surface area contributed by atoms with Crippen LogP contribution in [0.4, 0.5) is 11.4 Å². The Kier molecular flexibility index (Phi) is 4.01. The standard InChI is InChI=1S/C19H20N2O5/c22-14(7-8-15(23)24)20-12-3-5-13(6-4-12)21-18(25)16-10-1-2-11(9-10)17(16)19(21)26/h3-6,10-11,16-17H,1-2,7-9H2,(H,20,22)(H,23,24)/t10-,11+,16-,17-/m0/s1. The van der Waals surface area contributed by atoms with Crippen LogP contribution in [0.15, 0.2) is 24.3 Å². The normalized spacial score (nSPS) is 29.2. The number of anilines is 2. The number of nitrogens with zero attached hydrogens (tertiary/aromatic N) is 1. The molecule has 3 fully saturated rings. The minimum atomic E-state index is -1.03. The summed E-state index contributed by atoms with van der Waals surface area (Å²) in [5.74, 6) is -1.22. The second kappa shape index (κ2) is 6.23. The third-order valence-corrected chi connectivity index (χ3v) is 5.90. The van der Waals surface area contributed by atoms with Gasteiger partial charge in [0.1, 0.15) is 0 Å². The van der Waals surface area contributed by atoms with Crippen molar-refractivity contribution in [3.63, 3.8) is 0 Å². The minimum absolute atomic E-state index is 0.0922. The molecule has 0 radical (unpaired) electrons. The van der Waals surface area contributed by atoms with Crippen molar-refractivity contribution in [2.75, 3.05) is 10.2 Å². The third-order valence-electron chi connectivity index (χ3n) is 5.90. The molecule has 7 nitrogen and oxygen atoms in total. The van der Waals surface area contributed by atoms with Crippen molar-refractivity contribution in [1.29, 1.82) is 0 Å². The van der Waals surface area contributed by atoms with Crippen molar-refractivity contribution in [1.82, 2.24) is 0 Å². The number of fused-ring (bicyclic) bond motifs is 5. The number of carbonyl (C=O) groups is 4. The van der Waals surface area contributed by atoms with Gasteiger partial charge in [0.05, 0.1) is 23.9 Å². The maximum absolute atomic E-state index is 12.8. The van der Waals surface area contributed by atoms with Crippen LogP contribution in [-0.4, -0.2) is 28.8 Å². The van der Waals surface area contributed by atoms with E-state index in [9.17, 15) is 19.2 Å². The Labute approximate surface area is 150 Å². The highest BCUT2D eigenvalue weighted by molar-refractivity contribution is 6.22. The third kappa shape index (κ3) is 2.67. The number of hydrogen-bond donors (Lipinski definition) is 2. The SMILES string of the molecule is O=C(O)CCC(=O)Nc1ccc(N2C(=O)[C@H]3[C@@H]4CC[C@@H](C4)[C@@H]3C2=O)cc1. The maximum Gasteiger partial charge on any atom is 0.303 e. The molecular formula is C19H20N2O5. The van der Waals surface area contributed by atoms with Gasteiger partial charge in [0.2, 0.25) is 17.7 Å². The highest BCUT2D eigenvalue weighted by atomic mass is 16.4. The zero-order valence-electron chi connectivity index (χ0n) is 14.2. The first-order valence-corrected chi connectivity index (χ1v) is 8.95. The summed E-state index contributed by atoms with van der Waals surface area (Å²) >= 11 is 0. The van der Waals surface area contributed by atoms with Crippen molar-refractivity contribution in [3.8, 4) is 0 Å². The molecule has 136 valence electrons. The second-order valence-electron chi connectivity index (χ2n) is 7.39. The Balaban J connectivity index is 1.46. The lowest BCUT2D eigenvalue weighted by atomic mass is 9.81. The number of nitrogens with one attached hydrogen (secondary N) is 1. The summed E-state index contributed by atoms with van der Waals surface area (Å²) in [5.41, 5.74) is 1.03. The maximum atomic E-state index is 12.8. The van der Waals surface area contributed by atoms with E-state index in [0.29, 0.717) is 23.2 Å². The number of carboxylic acids is 1. The fourth-order valence-corrected chi connectivity index (χ4v) is 4.80. The van der Waals surface area contributed by atoms with Crippen LogP contribution in [0.5, 0.6) is 0 Å². The Hall–Kier alpha value is -2.70. The smallest absolute Gasteiger partial charge is 0.303 e. The summed E-state index contributed by atoms with van der Waals surface area (Å²) in [4.78, 5) is 49.0. The van der Waals surface area contributed by atoms with Gasteiger partial charge in [0, 0.05) is 12.1 Å². The molecule has 3 amide bonds. The summed E-state index contributed by atoms with van der Waals surface area (Å²) in [5, 5.41) is 11.2. The first-order chi connectivity index (χ1) is 12.5. The van der Waals surface area contributed by atoms with E-state index in [1.54, 1.807) is 24.3 Å². The zero-order chi connectivity index (χ0) is 18.4. The van der Waals surface area contributed by atoms with E-state index in [-0.39, 0.29) is 42.4 Å². The van der Waals surface area contributed by atoms with Crippen LogP contribution in [0.2, 0.25) is 0 Å². The average Bonchev–Trinajstić information content (AvgIpc) is 3.28. The average molecular weight is 356 g/mol. The van der Waals surface area contributed by atoms with E-state index < -0.39 is 5.97 Å². The van der Waals surface area contributed by atoms with E-state index >= 15 is 0 Å². The monoisotopic (exact) mass is 356 g/mol. The van der Waals surface area contributed by atoms with Gasteiger partial charge in [0.15, 0.2) is 0 Å². The molecule has 1 saturated heterocycles. The Morgan fingerprint density at radius 1 is 1.00 bits per heavy atom. The molecule has 0 aromatic heterocycles. The van der Waals surface area contributed by atoms with E-state index in [0.717, 1.165) is 19.3 Å². The number of rotatable bonds is 5. The molecule has 1 aliphatic heterocycles. The summed E-state index contributed by atoms with van der Waals surface area (Å²) in [6.45, 7) is 0. The van der Waals surface area contributed by atoms with Gasteiger partial charge in [-0.3, -0.25) is 24.1 Å². The number of benzene rings is 1. The van der Waals surface area contributed by atoms with Gasteiger partial charge in [-0.05, 0) is 55.4 Å². The van der Waals surface area contributed by atoms with Crippen LogP contribution in [0.25, 0.3) is 0 Å². The molecule has 2 N–H and O–H groups in total. The highest BCUT2D eigenvalue weighted by Gasteiger charge is 2.61. The molecule has 4 rings (SSSR count). The van der Waals surface area contributed by atoms with Crippen LogP contribution in [-0.2, 0) is 19.2 Å². The molecule has 4 atom stereocenters. The second-order valence-corrected chi connectivity index (χ2v) is 7.39. The first kappa shape index (κ1) is 16.8. The zero-order valence-corrected chi connectivity index (χ0v) is 14.2.